The van der Waals surface area contributed by atoms with Crippen LogP contribution in [0.2, 0.25) is 0 Å². The van der Waals surface area contributed by atoms with Gasteiger partial charge in [0, 0.05) is 11.9 Å². The second-order valence-electron chi connectivity index (χ2n) is 4.18. The van der Waals surface area contributed by atoms with E-state index in [0.717, 1.165) is 28.5 Å². The maximum atomic E-state index is 4.59. The normalized spacial score (nSPS) is 10.4. The smallest absolute Gasteiger partial charge is 0.111 e. The van der Waals surface area contributed by atoms with E-state index in [-0.39, 0.29) is 0 Å². The van der Waals surface area contributed by atoms with Crippen molar-refractivity contribution in [3.63, 3.8) is 0 Å². The van der Waals surface area contributed by atoms with Crippen molar-refractivity contribution in [2.24, 2.45) is 0 Å². The van der Waals surface area contributed by atoms with Crippen LogP contribution in [0.25, 0.3) is 22.8 Å². The molecule has 19 heavy (non-hydrogen) atoms. The van der Waals surface area contributed by atoms with Gasteiger partial charge < -0.3 is 0 Å². The number of pyridine rings is 2. The standard InChI is InChI=1S/C15H12N4/c1-11-5-2-6-12(17-11)13-7-3-8-14(18-13)15-9-4-10-16-19-15/h2-10H,1H3. The van der Waals surface area contributed by atoms with E-state index in [1.54, 1.807) is 6.20 Å². The van der Waals surface area contributed by atoms with E-state index in [9.17, 15) is 0 Å². The summed E-state index contributed by atoms with van der Waals surface area (Å²) in [6.45, 7) is 1.97. The minimum atomic E-state index is 0.761. The lowest BCUT2D eigenvalue weighted by molar-refractivity contribution is 1.03. The number of hydrogen-bond donors (Lipinski definition) is 0. The molecule has 3 heterocycles. The lowest BCUT2D eigenvalue weighted by Crippen LogP contribution is -1.93. The Labute approximate surface area is 111 Å². The lowest BCUT2D eigenvalue weighted by Gasteiger charge is -2.04. The van der Waals surface area contributed by atoms with Crippen molar-refractivity contribution in [1.82, 2.24) is 20.2 Å². The van der Waals surface area contributed by atoms with Crippen molar-refractivity contribution in [2.45, 2.75) is 6.92 Å². The first-order valence-corrected chi connectivity index (χ1v) is 6.02. The van der Waals surface area contributed by atoms with Crippen LogP contribution in [0.1, 0.15) is 5.69 Å². The number of hydrogen-bond acceptors (Lipinski definition) is 4. The highest BCUT2D eigenvalue weighted by molar-refractivity contribution is 5.61. The lowest BCUT2D eigenvalue weighted by atomic mass is 10.2. The molecule has 4 nitrogen and oxygen atoms in total. The quantitative estimate of drug-likeness (QED) is 0.699. The highest BCUT2D eigenvalue weighted by atomic mass is 15.1. The Hall–Kier alpha value is -2.62. The Morgan fingerprint density at radius 1 is 0.684 bits per heavy atom. The minimum absolute atomic E-state index is 0.761. The Bertz CT molecular complexity index is 695. The van der Waals surface area contributed by atoms with Crippen molar-refractivity contribution >= 4 is 0 Å². The molecule has 0 aromatic carbocycles. The van der Waals surface area contributed by atoms with Gasteiger partial charge in [0.2, 0.25) is 0 Å². The summed E-state index contributed by atoms with van der Waals surface area (Å²) < 4.78 is 0. The van der Waals surface area contributed by atoms with Crippen LogP contribution in [0.5, 0.6) is 0 Å². The molecular weight excluding hydrogens is 236 g/mol. The molecule has 92 valence electrons. The summed E-state index contributed by atoms with van der Waals surface area (Å²) >= 11 is 0. The van der Waals surface area contributed by atoms with E-state index in [4.69, 9.17) is 0 Å². The second kappa shape index (κ2) is 4.94. The predicted octanol–water partition coefficient (Wildman–Crippen LogP) is 2.91. The van der Waals surface area contributed by atoms with Crippen LogP contribution in [0, 0.1) is 6.92 Å². The van der Waals surface area contributed by atoms with Gasteiger partial charge in [-0.25, -0.2) is 4.98 Å². The van der Waals surface area contributed by atoms with Crippen LogP contribution in [0.3, 0.4) is 0 Å². The van der Waals surface area contributed by atoms with Crippen molar-refractivity contribution < 1.29 is 0 Å². The molecule has 4 heteroatoms. The van der Waals surface area contributed by atoms with E-state index in [0.29, 0.717) is 0 Å². The van der Waals surface area contributed by atoms with Crippen LogP contribution in [-0.2, 0) is 0 Å². The minimum Gasteiger partial charge on any atom is -0.251 e. The molecule has 0 N–H and O–H groups in total. The third-order valence-corrected chi connectivity index (χ3v) is 2.73. The third-order valence-electron chi connectivity index (χ3n) is 2.73. The van der Waals surface area contributed by atoms with Gasteiger partial charge in [-0.3, -0.25) is 4.98 Å². The Kier molecular flexibility index (Phi) is 2.98. The Morgan fingerprint density at radius 2 is 1.32 bits per heavy atom. The van der Waals surface area contributed by atoms with Gasteiger partial charge in [0.15, 0.2) is 0 Å². The van der Waals surface area contributed by atoms with Gasteiger partial charge in [0.25, 0.3) is 0 Å². The van der Waals surface area contributed by atoms with Crippen LogP contribution in [-0.4, -0.2) is 20.2 Å². The molecule has 0 fully saturated rings. The number of aryl methyl sites for hydroxylation is 1. The maximum absolute atomic E-state index is 4.59. The highest BCUT2D eigenvalue weighted by Gasteiger charge is 2.05. The molecule has 0 unspecified atom stereocenters. The summed E-state index contributed by atoms with van der Waals surface area (Å²) in [6, 6.07) is 15.5. The van der Waals surface area contributed by atoms with E-state index in [1.165, 1.54) is 0 Å². The fourth-order valence-corrected chi connectivity index (χ4v) is 1.84. The van der Waals surface area contributed by atoms with E-state index < -0.39 is 0 Å². The molecule has 0 bridgehead atoms. The third kappa shape index (κ3) is 2.47. The molecule has 0 amide bonds. The average molecular weight is 248 g/mol. The van der Waals surface area contributed by atoms with Gasteiger partial charge in [0.1, 0.15) is 5.69 Å². The van der Waals surface area contributed by atoms with Crippen LogP contribution in [0.4, 0.5) is 0 Å². The fourth-order valence-electron chi connectivity index (χ4n) is 1.84. The van der Waals surface area contributed by atoms with Gasteiger partial charge in [-0.05, 0) is 43.3 Å². The van der Waals surface area contributed by atoms with Crippen LogP contribution >= 0.6 is 0 Å². The fraction of sp³-hybridized carbons (Fsp3) is 0.0667. The van der Waals surface area contributed by atoms with Gasteiger partial charge in [-0.1, -0.05) is 12.1 Å². The van der Waals surface area contributed by atoms with Crippen molar-refractivity contribution in [3.05, 3.63) is 60.4 Å². The molecule has 3 rings (SSSR count). The SMILES string of the molecule is Cc1cccc(-c2cccc(-c3cccnn3)n2)n1. The zero-order valence-electron chi connectivity index (χ0n) is 10.5. The molecule has 0 spiro atoms. The van der Waals surface area contributed by atoms with E-state index >= 15 is 0 Å². The summed E-state index contributed by atoms with van der Waals surface area (Å²) in [7, 11) is 0. The van der Waals surface area contributed by atoms with E-state index in [2.05, 4.69) is 20.2 Å². The van der Waals surface area contributed by atoms with Gasteiger partial charge >= 0.3 is 0 Å². The molecule has 0 aliphatic rings. The topological polar surface area (TPSA) is 51.6 Å². The van der Waals surface area contributed by atoms with Crippen LogP contribution in [0.15, 0.2) is 54.7 Å². The molecule has 0 atom stereocenters. The molecule has 0 radical (unpaired) electrons. The summed E-state index contributed by atoms with van der Waals surface area (Å²) in [5, 5.41) is 7.94. The Balaban J connectivity index is 2.06. The average Bonchev–Trinajstić information content (AvgIpc) is 2.48. The first kappa shape index (κ1) is 11.5. The van der Waals surface area contributed by atoms with Crippen molar-refractivity contribution in [1.29, 1.82) is 0 Å². The Morgan fingerprint density at radius 3 is 2.00 bits per heavy atom. The largest absolute Gasteiger partial charge is 0.251 e. The zero-order valence-corrected chi connectivity index (χ0v) is 10.5. The first-order valence-electron chi connectivity index (χ1n) is 6.02. The van der Waals surface area contributed by atoms with Gasteiger partial charge in [0.05, 0.1) is 17.1 Å². The summed E-state index contributed by atoms with van der Waals surface area (Å²) in [6.07, 6.45) is 1.65. The van der Waals surface area contributed by atoms with Gasteiger partial charge in [-0.15, -0.1) is 5.10 Å². The molecule has 0 saturated carbocycles. The maximum Gasteiger partial charge on any atom is 0.111 e. The summed E-state index contributed by atoms with van der Waals surface area (Å²) in [5.74, 6) is 0. The number of aromatic nitrogens is 4. The molecule has 0 saturated heterocycles. The molecule has 0 aliphatic heterocycles. The highest BCUT2D eigenvalue weighted by Crippen LogP contribution is 2.19. The van der Waals surface area contributed by atoms with Crippen LogP contribution < -0.4 is 0 Å². The van der Waals surface area contributed by atoms with E-state index in [1.807, 2.05) is 55.5 Å². The summed E-state index contributed by atoms with van der Waals surface area (Å²) in [5.41, 5.74) is 4.24. The first-order chi connectivity index (χ1) is 9.33. The second-order valence-corrected chi connectivity index (χ2v) is 4.18. The summed E-state index contributed by atoms with van der Waals surface area (Å²) in [4.78, 5) is 9.07. The predicted molar refractivity (Wildman–Crippen MR) is 73.2 cm³/mol. The molecule has 0 aliphatic carbocycles. The number of rotatable bonds is 2. The zero-order chi connectivity index (χ0) is 13.1. The number of nitrogens with zero attached hydrogens (tertiary/aromatic N) is 4. The van der Waals surface area contributed by atoms with Gasteiger partial charge in [-0.2, -0.15) is 5.10 Å². The molecular formula is C15H12N4. The monoisotopic (exact) mass is 248 g/mol. The molecule has 3 aromatic heterocycles. The van der Waals surface area contributed by atoms with Crippen molar-refractivity contribution in [2.75, 3.05) is 0 Å². The van der Waals surface area contributed by atoms with Crippen molar-refractivity contribution in [3.8, 4) is 22.8 Å². The molecule has 3 aromatic rings.